The minimum absolute atomic E-state index is 0.0976. The van der Waals surface area contributed by atoms with Crippen LogP contribution >= 0.6 is 0 Å². The molecule has 0 aromatic rings. The van der Waals surface area contributed by atoms with E-state index in [-0.39, 0.29) is 42.8 Å². The zero-order chi connectivity index (χ0) is 21.8. The molecule has 0 bridgehead atoms. The Balaban J connectivity index is 4.59. The molecule has 0 heterocycles. The Labute approximate surface area is 176 Å². The van der Waals surface area contributed by atoms with Crippen LogP contribution < -0.4 is 10.6 Å². The largest absolute Gasteiger partial charge is 0.391 e. The van der Waals surface area contributed by atoms with Crippen LogP contribution in [-0.4, -0.2) is 66.2 Å². The first-order chi connectivity index (χ1) is 14.0. The van der Waals surface area contributed by atoms with Crippen LogP contribution in [0.4, 0.5) is 0 Å². The molecule has 0 unspecified atom stereocenters. The number of carbonyl (C=O) groups excluding carboxylic acids is 2. The number of rotatable bonds is 18. The summed E-state index contributed by atoms with van der Waals surface area (Å²) in [5.74, 6) is -0.220. The average molecular weight is 413 g/mol. The van der Waals surface area contributed by atoms with Crippen molar-refractivity contribution in [2.75, 3.05) is 39.6 Å². The Bertz CT molecular complexity index is 448. The van der Waals surface area contributed by atoms with Crippen molar-refractivity contribution in [1.82, 2.24) is 10.6 Å². The van der Waals surface area contributed by atoms with E-state index in [1.807, 2.05) is 24.3 Å². The molecule has 29 heavy (non-hydrogen) atoms. The first-order valence-electron chi connectivity index (χ1n) is 10.9. The van der Waals surface area contributed by atoms with E-state index in [1.165, 1.54) is 0 Å². The highest BCUT2D eigenvalue weighted by atomic mass is 16.3. The standard InChI is InChI=1S/C22H41N3O4/c1-3-5-7-9-11-13-21(28)23-19-25(15-17-26,16-18-27)20-24-22(29)14-12-10-8-6-4-2/h9-12,26-27H,3-8,13-20H2,1-2H3,(H-,23,24,28,29)/p+1/b11-9+,12-10+. The van der Waals surface area contributed by atoms with Crippen LogP contribution in [0.5, 0.6) is 0 Å². The fourth-order valence-electron chi connectivity index (χ4n) is 2.82. The van der Waals surface area contributed by atoms with Crippen LogP contribution in [0, 0.1) is 0 Å². The van der Waals surface area contributed by atoms with E-state index in [2.05, 4.69) is 24.5 Å². The maximum absolute atomic E-state index is 12.1. The van der Waals surface area contributed by atoms with E-state index in [0.717, 1.165) is 38.5 Å². The van der Waals surface area contributed by atoms with Crippen molar-refractivity contribution < 1.29 is 24.3 Å². The van der Waals surface area contributed by atoms with Gasteiger partial charge in [0.15, 0.2) is 13.3 Å². The predicted octanol–water partition coefficient (Wildman–Crippen LogP) is 2.21. The number of hydrogen-bond acceptors (Lipinski definition) is 4. The predicted molar refractivity (Wildman–Crippen MR) is 117 cm³/mol. The smallest absolute Gasteiger partial charge is 0.228 e. The summed E-state index contributed by atoms with van der Waals surface area (Å²) in [5.41, 5.74) is 0. The summed E-state index contributed by atoms with van der Waals surface area (Å²) in [4.78, 5) is 24.2. The molecule has 0 aliphatic carbocycles. The van der Waals surface area contributed by atoms with Gasteiger partial charge in [-0.2, -0.15) is 0 Å². The molecule has 0 saturated heterocycles. The van der Waals surface area contributed by atoms with Crippen LogP contribution in [0.1, 0.15) is 65.2 Å². The van der Waals surface area contributed by atoms with Gasteiger partial charge in [0, 0.05) is 12.8 Å². The average Bonchev–Trinajstić information content (AvgIpc) is 2.71. The summed E-state index contributed by atoms with van der Waals surface area (Å²) in [5, 5.41) is 24.7. The Hall–Kier alpha value is -1.70. The zero-order valence-corrected chi connectivity index (χ0v) is 18.4. The Morgan fingerprint density at radius 3 is 1.52 bits per heavy atom. The lowest BCUT2D eigenvalue weighted by Crippen LogP contribution is -2.61. The van der Waals surface area contributed by atoms with Gasteiger partial charge >= 0.3 is 0 Å². The highest BCUT2D eigenvalue weighted by Gasteiger charge is 2.27. The first kappa shape index (κ1) is 27.3. The molecule has 0 fully saturated rings. The highest BCUT2D eigenvalue weighted by molar-refractivity contribution is 5.77. The Morgan fingerprint density at radius 2 is 1.17 bits per heavy atom. The maximum atomic E-state index is 12.1. The fourth-order valence-corrected chi connectivity index (χ4v) is 2.82. The van der Waals surface area contributed by atoms with Gasteiger partial charge in [0.2, 0.25) is 11.8 Å². The number of aliphatic hydroxyl groups is 2. The van der Waals surface area contributed by atoms with Crippen LogP contribution in [0.2, 0.25) is 0 Å². The van der Waals surface area contributed by atoms with Crippen molar-refractivity contribution in [3.8, 4) is 0 Å². The second-order valence-corrected chi connectivity index (χ2v) is 7.39. The Kier molecular flexibility index (Phi) is 17.3. The summed E-state index contributed by atoms with van der Waals surface area (Å²) in [6, 6.07) is 0. The van der Waals surface area contributed by atoms with Crippen molar-refractivity contribution in [1.29, 1.82) is 0 Å². The summed E-state index contributed by atoms with van der Waals surface area (Å²) in [6.07, 6.45) is 14.8. The summed E-state index contributed by atoms with van der Waals surface area (Å²) in [6.45, 7) is 5.22. The molecule has 4 N–H and O–H groups in total. The molecule has 0 aliphatic rings. The van der Waals surface area contributed by atoms with Crippen LogP contribution in [-0.2, 0) is 9.59 Å². The summed E-state index contributed by atoms with van der Waals surface area (Å²) >= 11 is 0. The van der Waals surface area contributed by atoms with Gasteiger partial charge in [-0.3, -0.25) is 14.1 Å². The molecule has 0 rings (SSSR count). The minimum Gasteiger partial charge on any atom is -0.391 e. The second-order valence-electron chi connectivity index (χ2n) is 7.39. The molecule has 0 aromatic heterocycles. The van der Waals surface area contributed by atoms with E-state index in [0.29, 0.717) is 25.9 Å². The first-order valence-corrected chi connectivity index (χ1v) is 10.9. The molecule has 168 valence electrons. The van der Waals surface area contributed by atoms with Crippen molar-refractivity contribution in [2.24, 2.45) is 0 Å². The number of aliphatic hydroxyl groups excluding tert-OH is 2. The molecule has 0 radical (unpaired) electrons. The van der Waals surface area contributed by atoms with Gasteiger partial charge in [0.25, 0.3) is 0 Å². The van der Waals surface area contributed by atoms with E-state index in [9.17, 15) is 19.8 Å². The van der Waals surface area contributed by atoms with Crippen LogP contribution in [0.3, 0.4) is 0 Å². The number of nitrogens with zero attached hydrogens (tertiary/aromatic N) is 1. The number of amides is 2. The topological polar surface area (TPSA) is 98.7 Å². The maximum Gasteiger partial charge on any atom is 0.228 e. The van der Waals surface area contributed by atoms with E-state index in [4.69, 9.17) is 0 Å². The quantitative estimate of drug-likeness (QED) is 0.120. The number of allylic oxidation sites excluding steroid dienone is 2. The molecule has 7 nitrogen and oxygen atoms in total. The van der Waals surface area contributed by atoms with Crippen LogP contribution in [0.15, 0.2) is 24.3 Å². The second kappa shape index (κ2) is 18.3. The summed E-state index contributed by atoms with van der Waals surface area (Å²) < 4.78 is 0.198. The number of quaternary nitrogens is 1. The normalized spacial score (nSPS) is 12.0. The fraction of sp³-hybridized carbons (Fsp3) is 0.727. The molecule has 0 aromatic carbocycles. The van der Waals surface area contributed by atoms with Gasteiger partial charge < -0.3 is 20.8 Å². The van der Waals surface area contributed by atoms with Crippen molar-refractivity contribution in [3.05, 3.63) is 24.3 Å². The number of nitrogens with one attached hydrogen (secondary N) is 2. The van der Waals surface area contributed by atoms with E-state index in [1.54, 1.807) is 0 Å². The molecule has 0 saturated carbocycles. The van der Waals surface area contributed by atoms with Gasteiger partial charge in [-0.1, -0.05) is 63.8 Å². The molecule has 2 amide bonds. The number of carbonyl (C=O) groups is 2. The summed E-state index contributed by atoms with van der Waals surface area (Å²) in [7, 11) is 0. The lowest BCUT2D eigenvalue weighted by Gasteiger charge is -2.37. The van der Waals surface area contributed by atoms with Crippen molar-refractivity contribution in [2.45, 2.75) is 65.2 Å². The number of hydrogen-bond donors (Lipinski definition) is 4. The molecule has 7 heteroatoms. The third-order valence-electron chi connectivity index (χ3n) is 4.76. The molecule has 0 spiro atoms. The third-order valence-corrected chi connectivity index (χ3v) is 4.76. The van der Waals surface area contributed by atoms with Gasteiger partial charge in [0.05, 0.1) is 13.2 Å². The van der Waals surface area contributed by atoms with E-state index >= 15 is 0 Å². The highest BCUT2D eigenvalue weighted by Crippen LogP contribution is 2.04. The molecule has 0 atom stereocenters. The lowest BCUT2D eigenvalue weighted by molar-refractivity contribution is -0.932. The van der Waals surface area contributed by atoms with Gasteiger partial charge in [-0.05, 0) is 12.8 Å². The Morgan fingerprint density at radius 1 is 0.759 bits per heavy atom. The van der Waals surface area contributed by atoms with Gasteiger partial charge in [-0.25, -0.2) is 0 Å². The zero-order valence-electron chi connectivity index (χ0n) is 18.4. The van der Waals surface area contributed by atoms with Gasteiger partial charge in [0.1, 0.15) is 13.1 Å². The SMILES string of the molecule is CCCC/C=C/CC(=O)NC[N+](CCO)(CCO)CNC(=O)C/C=C/CCCC. The third kappa shape index (κ3) is 14.9. The van der Waals surface area contributed by atoms with E-state index < -0.39 is 0 Å². The molecule has 0 aliphatic heterocycles. The van der Waals surface area contributed by atoms with Crippen LogP contribution in [0.25, 0.3) is 0 Å². The monoisotopic (exact) mass is 412 g/mol. The molecular weight excluding hydrogens is 370 g/mol. The number of unbranched alkanes of at least 4 members (excludes halogenated alkanes) is 4. The van der Waals surface area contributed by atoms with Crippen molar-refractivity contribution >= 4 is 11.8 Å². The lowest BCUT2D eigenvalue weighted by atomic mass is 10.2. The molecular formula is C22H42N3O4+. The van der Waals surface area contributed by atoms with Crippen molar-refractivity contribution in [3.63, 3.8) is 0 Å². The minimum atomic E-state index is -0.110. The van der Waals surface area contributed by atoms with Gasteiger partial charge in [-0.15, -0.1) is 0 Å².